The Hall–Kier alpha value is -3.22. The zero-order valence-electron chi connectivity index (χ0n) is 20.0. The van der Waals surface area contributed by atoms with Crippen LogP contribution >= 0.6 is 0 Å². The van der Waals surface area contributed by atoms with Gasteiger partial charge in [-0.1, -0.05) is 12.1 Å². The summed E-state index contributed by atoms with van der Waals surface area (Å²) in [5.41, 5.74) is 1.71. The standard InChI is InChI=1S/C26H26FNO9/c1-9-21(30)14(28)6-16(36-9)37-15-8-26(35,10(2)29)7-12-18(15)25(34)20-19(23(12)32)22(31)11-4-3-5-13(27)17(11)24(20)33/h3-5,9,14-16,21,30,32,34-35H,6-8,28H2,1-2H3/t9-,14-,15-,16-,21+,26-/m0/s1. The highest BCUT2D eigenvalue weighted by Gasteiger charge is 2.49. The van der Waals surface area contributed by atoms with Crippen molar-refractivity contribution in [1.29, 1.82) is 0 Å². The second-order valence-corrected chi connectivity index (χ2v) is 9.91. The number of ketones is 3. The summed E-state index contributed by atoms with van der Waals surface area (Å²) < 4.78 is 26.3. The van der Waals surface area contributed by atoms with Crippen LogP contribution in [0.3, 0.4) is 0 Å². The van der Waals surface area contributed by atoms with Gasteiger partial charge in [-0.2, -0.15) is 0 Å². The zero-order chi connectivity index (χ0) is 27.0. The lowest BCUT2D eigenvalue weighted by molar-refractivity contribution is -0.247. The maximum atomic E-state index is 14.6. The number of aliphatic hydroxyl groups is 2. The molecular formula is C26H26FNO9. The number of nitrogens with two attached hydrogens (primary N) is 1. The fourth-order valence-corrected chi connectivity index (χ4v) is 5.48. The Morgan fingerprint density at radius 3 is 2.49 bits per heavy atom. The molecule has 0 amide bonds. The smallest absolute Gasteiger partial charge is 0.201 e. The van der Waals surface area contributed by atoms with Crippen molar-refractivity contribution in [3.63, 3.8) is 0 Å². The molecular weight excluding hydrogens is 489 g/mol. The number of Topliss-reactive ketones (excluding diaryl/α,β-unsaturated/α-hetero) is 1. The average Bonchev–Trinajstić information content (AvgIpc) is 2.82. The Morgan fingerprint density at radius 1 is 1.16 bits per heavy atom. The average molecular weight is 515 g/mol. The fraction of sp³-hybridized carbons (Fsp3) is 0.423. The van der Waals surface area contributed by atoms with Crippen molar-refractivity contribution in [2.45, 2.75) is 69.4 Å². The molecule has 2 aromatic carbocycles. The minimum Gasteiger partial charge on any atom is -0.507 e. The topological polar surface area (TPSA) is 177 Å². The number of phenolic OH excluding ortho intramolecular Hbond substituents is 2. The van der Waals surface area contributed by atoms with E-state index in [1.54, 1.807) is 6.92 Å². The van der Waals surface area contributed by atoms with Crippen molar-refractivity contribution in [3.8, 4) is 11.5 Å². The first-order valence-electron chi connectivity index (χ1n) is 11.8. The van der Waals surface area contributed by atoms with Gasteiger partial charge in [0.1, 0.15) is 22.9 Å². The van der Waals surface area contributed by atoms with Gasteiger partial charge in [0.2, 0.25) is 5.78 Å². The van der Waals surface area contributed by atoms with E-state index in [2.05, 4.69) is 0 Å². The fourth-order valence-electron chi connectivity index (χ4n) is 5.48. The van der Waals surface area contributed by atoms with Gasteiger partial charge < -0.3 is 35.6 Å². The van der Waals surface area contributed by atoms with Crippen molar-refractivity contribution in [1.82, 2.24) is 0 Å². The van der Waals surface area contributed by atoms with Gasteiger partial charge in [-0.25, -0.2) is 4.39 Å². The summed E-state index contributed by atoms with van der Waals surface area (Å²) in [6, 6.07) is 2.76. The van der Waals surface area contributed by atoms with Crippen LogP contribution in [-0.4, -0.2) is 67.9 Å². The van der Waals surface area contributed by atoms with Gasteiger partial charge in [0, 0.05) is 42.0 Å². The van der Waals surface area contributed by atoms with E-state index in [1.807, 2.05) is 0 Å². The third kappa shape index (κ3) is 3.77. The third-order valence-corrected chi connectivity index (χ3v) is 7.57. The van der Waals surface area contributed by atoms with E-state index in [0.717, 1.165) is 13.0 Å². The Kier molecular flexibility index (Phi) is 5.96. The molecule has 2 aliphatic carbocycles. The number of fused-ring (bicyclic) bond motifs is 3. The maximum Gasteiger partial charge on any atom is 0.201 e. The third-order valence-electron chi connectivity index (χ3n) is 7.57. The normalized spacial score (nSPS) is 30.9. The molecule has 1 saturated heterocycles. The highest BCUT2D eigenvalue weighted by molar-refractivity contribution is 6.30. The number of rotatable bonds is 3. The summed E-state index contributed by atoms with van der Waals surface area (Å²) in [5.74, 6) is -4.94. The van der Waals surface area contributed by atoms with Crippen LogP contribution in [0.2, 0.25) is 0 Å². The highest BCUT2D eigenvalue weighted by atomic mass is 19.1. The van der Waals surface area contributed by atoms with Gasteiger partial charge >= 0.3 is 0 Å². The van der Waals surface area contributed by atoms with E-state index >= 15 is 0 Å². The molecule has 1 heterocycles. The number of benzene rings is 2. The predicted molar refractivity (Wildman–Crippen MR) is 124 cm³/mol. The summed E-state index contributed by atoms with van der Waals surface area (Å²) in [6.07, 6.45) is -4.82. The monoisotopic (exact) mass is 515 g/mol. The number of hydrogen-bond donors (Lipinski definition) is 5. The Labute approximate surface area is 210 Å². The van der Waals surface area contributed by atoms with Crippen LogP contribution in [-0.2, 0) is 20.7 Å². The first kappa shape index (κ1) is 25.4. The summed E-state index contributed by atoms with van der Waals surface area (Å²) in [5, 5.41) is 43.7. The SMILES string of the molecule is CC(=O)[C@]1(O)Cc2c(O)c3c(c(O)c2[C@@H](O[C@H]2C[C@H](N)[C@H](O)[C@H](C)O2)C1)C(=O)c1c(F)cccc1C3=O. The van der Waals surface area contributed by atoms with Crippen LogP contribution in [0, 0.1) is 5.82 Å². The molecule has 1 fully saturated rings. The molecule has 11 heteroatoms. The Balaban J connectivity index is 1.68. The Bertz CT molecular complexity index is 1350. The van der Waals surface area contributed by atoms with E-state index in [9.17, 15) is 39.2 Å². The number of carbonyl (C=O) groups excluding carboxylic acids is 3. The number of hydrogen-bond acceptors (Lipinski definition) is 10. The first-order valence-corrected chi connectivity index (χ1v) is 11.8. The molecule has 5 rings (SSSR count). The summed E-state index contributed by atoms with van der Waals surface area (Å²) >= 11 is 0. The molecule has 6 atom stereocenters. The second-order valence-electron chi connectivity index (χ2n) is 9.91. The summed E-state index contributed by atoms with van der Waals surface area (Å²) in [4.78, 5) is 39.0. The molecule has 196 valence electrons. The van der Waals surface area contributed by atoms with Crippen LogP contribution in [0.5, 0.6) is 11.5 Å². The van der Waals surface area contributed by atoms with Crippen LogP contribution < -0.4 is 5.73 Å². The molecule has 0 unspecified atom stereocenters. The van der Waals surface area contributed by atoms with Crippen molar-refractivity contribution >= 4 is 17.3 Å². The molecule has 10 nitrogen and oxygen atoms in total. The van der Waals surface area contributed by atoms with E-state index in [4.69, 9.17) is 15.2 Å². The van der Waals surface area contributed by atoms with Gasteiger partial charge in [0.25, 0.3) is 0 Å². The van der Waals surface area contributed by atoms with Crippen LogP contribution in [0.1, 0.15) is 75.8 Å². The van der Waals surface area contributed by atoms with Gasteiger partial charge in [-0.3, -0.25) is 14.4 Å². The van der Waals surface area contributed by atoms with Crippen LogP contribution in [0.25, 0.3) is 0 Å². The first-order chi connectivity index (χ1) is 17.4. The number of carbonyl (C=O) groups is 3. The largest absolute Gasteiger partial charge is 0.507 e. The van der Waals surface area contributed by atoms with E-state index in [0.29, 0.717) is 0 Å². The number of aromatic hydroxyl groups is 2. The number of ether oxygens (including phenoxy) is 2. The summed E-state index contributed by atoms with van der Waals surface area (Å²) in [6.45, 7) is 2.73. The molecule has 1 aliphatic heterocycles. The lowest BCUT2D eigenvalue weighted by atomic mass is 9.72. The number of aliphatic hydroxyl groups excluding tert-OH is 1. The molecule has 2 aromatic rings. The van der Waals surface area contributed by atoms with Gasteiger partial charge in [-0.05, 0) is 19.9 Å². The molecule has 3 aliphatic rings. The minimum absolute atomic E-state index is 0.0313. The molecule has 0 spiro atoms. The maximum absolute atomic E-state index is 14.6. The van der Waals surface area contributed by atoms with E-state index in [-0.39, 0.29) is 29.5 Å². The summed E-state index contributed by atoms with van der Waals surface area (Å²) in [7, 11) is 0. The lowest BCUT2D eigenvalue weighted by Gasteiger charge is -2.42. The molecule has 0 saturated carbocycles. The van der Waals surface area contributed by atoms with Crippen molar-refractivity contribution in [3.05, 3.63) is 57.4 Å². The molecule has 0 radical (unpaired) electrons. The predicted octanol–water partition coefficient (Wildman–Crippen LogP) is 1.16. The minimum atomic E-state index is -2.04. The van der Waals surface area contributed by atoms with Gasteiger partial charge in [-0.15, -0.1) is 0 Å². The van der Waals surface area contributed by atoms with Crippen LogP contribution in [0.15, 0.2) is 18.2 Å². The number of halogens is 1. The van der Waals surface area contributed by atoms with E-state index < -0.39 is 94.0 Å². The van der Waals surface area contributed by atoms with Crippen molar-refractivity contribution in [2.24, 2.45) is 5.73 Å². The van der Waals surface area contributed by atoms with Crippen LogP contribution in [0.4, 0.5) is 4.39 Å². The van der Waals surface area contributed by atoms with Crippen molar-refractivity contribution < 1.29 is 48.7 Å². The number of phenols is 2. The lowest BCUT2D eigenvalue weighted by Crippen LogP contribution is -2.52. The van der Waals surface area contributed by atoms with Gasteiger partial charge in [0.05, 0.1) is 35.0 Å². The van der Waals surface area contributed by atoms with Crippen molar-refractivity contribution in [2.75, 3.05) is 0 Å². The Morgan fingerprint density at radius 2 is 1.84 bits per heavy atom. The second kappa shape index (κ2) is 8.67. The highest BCUT2D eigenvalue weighted by Crippen LogP contribution is 2.52. The zero-order valence-corrected chi connectivity index (χ0v) is 20.0. The quantitative estimate of drug-likeness (QED) is 0.318. The molecule has 0 bridgehead atoms. The van der Waals surface area contributed by atoms with E-state index in [1.165, 1.54) is 12.1 Å². The molecule has 6 N–H and O–H groups in total. The molecule has 37 heavy (non-hydrogen) atoms. The van der Waals surface area contributed by atoms with Gasteiger partial charge in [0.15, 0.2) is 17.9 Å². The molecule has 0 aromatic heterocycles.